The number of carbonyl (C=O) groups excluding carboxylic acids is 2. The van der Waals surface area contributed by atoms with E-state index in [9.17, 15) is 14.4 Å². The fourth-order valence-electron chi connectivity index (χ4n) is 3.35. The van der Waals surface area contributed by atoms with Gasteiger partial charge in [-0.3, -0.25) is 14.4 Å². The highest BCUT2D eigenvalue weighted by Gasteiger charge is 2.15. The molecule has 7 nitrogen and oxygen atoms in total. The lowest BCUT2D eigenvalue weighted by Gasteiger charge is -2.11. The highest BCUT2D eigenvalue weighted by Crippen LogP contribution is 2.23. The van der Waals surface area contributed by atoms with Gasteiger partial charge in [-0.1, -0.05) is 36.4 Å². The molecule has 32 heavy (non-hydrogen) atoms. The average molecular weight is 427 g/mol. The maximum absolute atomic E-state index is 12.7. The number of pyridine rings is 1. The monoisotopic (exact) mass is 427 g/mol. The van der Waals surface area contributed by atoms with E-state index >= 15 is 0 Å². The molecule has 1 aromatic heterocycles. The van der Waals surface area contributed by atoms with Crippen LogP contribution >= 0.6 is 0 Å². The summed E-state index contributed by atoms with van der Waals surface area (Å²) in [5.74, 6) is -0.0312. The number of benzene rings is 3. The van der Waals surface area contributed by atoms with Crippen molar-refractivity contribution in [2.24, 2.45) is 0 Å². The third-order valence-corrected chi connectivity index (χ3v) is 4.96. The molecule has 0 unspecified atom stereocenters. The van der Waals surface area contributed by atoms with Crippen LogP contribution in [0.3, 0.4) is 0 Å². The zero-order valence-corrected chi connectivity index (χ0v) is 17.3. The molecule has 0 aliphatic rings. The summed E-state index contributed by atoms with van der Waals surface area (Å²) in [6, 6.07) is 22.8. The maximum Gasteiger partial charge on any atom is 0.261 e. The van der Waals surface area contributed by atoms with Gasteiger partial charge in [0.25, 0.3) is 11.5 Å². The molecular weight excluding hydrogens is 406 g/mol. The Bertz CT molecular complexity index is 1330. The topological polar surface area (TPSA) is 100 Å². The van der Waals surface area contributed by atoms with Gasteiger partial charge in [-0.15, -0.1) is 0 Å². The van der Waals surface area contributed by atoms with Crippen molar-refractivity contribution in [2.75, 3.05) is 17.7 Å². The van der Waals surface area contributed by atoms with Crippen LogP contribution < -0.4 is 20.9 Å². The molecule has 0 spiro atoms. The number of hydrogen-bond donors (Lipinski definition) is 3. The van der Waals surface area contributed by atoms with Crippen molar-refractivity contribution in [3.8, 4) is 5.75 Å². The number of aromatic amines is 1. The van der Waals surface area contributed by atoms with E-state index in [1.54, 1.807) is 61.7 Å². The first-order valence-electron chi connectivity index (χ1n) is 9.99. The van der Waals surface area contributed by atoms with Crippen LogP contribution in [0.4, 0.5) is 11.4 Å². The molecule has 0 radical (unpaired) electrons. The van der Waals surface area contributed by atoms with Crippen molar-refractivity contribution in [3.05, 3.63) is 100 Å². The van der Waals surface area contributed by atoms with E-state index in [1.807, 2.05) is 18.2 Å². The minimum Gasteiger partial charge on any atom is -0.497 e. The third-order valence-electron chi connectivity index (χ3n) is 4.96. The number of para-hydroxylation sites is 1. The molecule has 3 aromatic carbocycles. The number of carbonyl (C=O) groups is 2. The third kappa shape index (κ3) is 4.67. The lowest BCUT2D eigenvalue weighted by molar-refractivity contribution is -0.115. The molecule has 0 saturated heterocycles. The Balaban J connectivity index is 1.59. The minimum atomic E-state index is -0.529. The lowest BCUT2D eigenvalue weighted by atomic mass is 10.1. The van der Waals surface area contributed by atoms with E-state index in [4.69, 9.17) is 4.74 Å². The van der Waals surface area contributed by atoms with Crippen molar-refractivity contribution >= 4 is 34.1 Å². The first-order valence-corrected chi connectivity index (χ1v) is 9.99. The molecule has 160 valence electrons. The molecule has 0 bridgehead atoms. The molecule has 3 N–H and O–H groups in total. The molecule has 1 heterocycles. The molecule has 2 amide bonds. The van der Waals surface area contributed by atoms with E-state index in [0.717, 1.165) is 5.56 Å². The standard InChI is InChI=1S/C25H21N3O4/c1-32-18-12-10-16(11-13-18)14-23(29)27-21-8-5-9-22-19(21)15-20(25(31)28-22)24(30)26-17-6-3-2-4-7-17/h2-13,15H,14H2,1H3,(H,26,30)(H,27,29)(H,28,31). The first-order chi connectivity index (χ1) is 15.5. The van der Waals surface area contributed by atoms with Gasteiger partial charge >= 0.3 is 0 Å². The first kappa shape index (κ1) is 20.9. The van der Waals surface area contributed by atoms with Gasteiger partial charge in [-0.25, -0.2) is 0 Å². The van der Waals surface area contributed by atoms with Crippen LogP contribution in [0.2, 0.25) is 0 Å². The summed E-state index contributed by atoms with van der Waals surface area (Å²) in [6.45, 7) is 0. The van der Waals surface area contributed by atoms with Crippen LogP contribution in [-0.2, 0) is 11.2 Å². The number of anilines is 2. The van der Waals surface area contributed by atoms with Crippen molar-refractivity contribution in [2.45, 2.75) is 6.42 Å². The Labute approximate surface area is 184 Å². The lowest BCUT2D eigenvalue weighted by Crippen LogP contribution is -2.23. The predicted molar refractivity (Wildman–Crippen MR) is 124 cm³/mol. The summed E-state index contributed by atoms with van der Waals surface area (Å²) in [5.41, 5.74) is 1.89. The van der Waals surface area contributed by atoms with Crippen molar-refractivity contribution in [1.82, 2.24) is 4.98 Å². The van der Waals surface area contributed by atoms with Crippen molar-refractivity contribution < 1.29 is 14.3 Å². The summed E-state index contributed by atoms with van der Waals surface area (Å²) in [4.78, 5) is 40.5. The summed E-state index contributed by atoms with van der Waals surface area (Å²) >= 11 is 0. The second-order valence-corrected chi connectivity index (χ2v) is 7.17. The normalized spacial score (nSPS) is 10.5. The Kier molecular flexibility index (Phi) is 5.98. The molecule has 0 saturated carbocycles. The van der Waals surface area contributed by atoms with Crippen LogP contribution in [0.1, 0.15) is 15.9 Å². The largest absolute Gasteiger partial charge is 0.497 e. The van der Waals surface area contributed by atoms with Gasteiger partial charge < -0.3 is 20.4 Å². The summed E-state index contributed by atoms with van der Waals surface area (Å²) < 4.78 is 5.13. The summed E-state index contributed by atoms with van der Waals surface area (Å²) in [6.07, 6.45) is 0.172. The van der Waals surface area contributed by atoms with Crippen LogP contribution in [0.25, 0.3) is 10.9 Å². The molecule has 0 aliphatic carbocycles. The Morgan fingerprint density at radius 1 is 0.906 bits per heavy atom. The van der Waals surface area contributed by atoms with Gasteiger partial charge in [0.15, 0.2) is 0 Å². The van der Waals surface area contributed by atoms with Gasteiger partial charge in [0.1, 0.15) is 11.3 Å². The number of H-pyrrole nitrogens is 1. The average Bonchev–Trinajstić information content (AvgIpc) is 2.80. The number of hydrogen-bond acceptors (Lipinski definition) is 4. The summed E-state index contributed by atoms with van der Waals surface area (Å²) in [5, 5.41) is 6.15. The van der Waals surface area contributed by atoms with Gasteiger partial charge in [-0.05, 0) is 48.0 Å². The maximum atomic E-state index is 12.7. The van der Waals surface area contributed by atoms with Gasteiger partial charge in [0.05, 0.1) is 24.7 Å². The molecular formula is C25H21N3O4. The van der Waals surface area contributed by atoms with Crippen LogP contribution in [-0.4, -0.2) is 23.9 Å². The molecule has 7 heteroatoms. The fourth-order valence-corrected chi connectivity index (χ4v) is 3.35. The second kappa shape index (κ2) is 9.18. The van der Waals surface area contributed by atoms with Gasteiger partial charge in [0, 0.05) is 11.1 Å². The van der Waals surface area contributed by atoms with Crippen LogP contribution in [0.5, 0.6) is 5.75 Å². The molecule has 0 fully saturated rings. The Morgan fingerprint density at radius 2 is 1.66 bits per heavy atom. The second-order valence-electron chi connectivity index (χ2n) is 7.17. The molecule has 0 aliphatic heterocycles. The molecule has 4 rings (SSSR count). The van der Waals surface area contributed by atoms with Crippen LogP contribution in [0.15, 0.2) is 83.7 Å². The Hall–Kier alpha value is -4.39. The van der Waals surface area contributed by atoms with E-state index in [1.165, 1.54) is 6.07 Å². The predicted octanol–water partition coefficient (Wildman–Crippen LogP) is 3.97. The van der Waals surface area contributed by atoms with Gasteiger partial charge in [0.2, 0.25) is 5.91 Å². The zero-order valence-electron chi connectivity index (χ0n) is 17.3. The number of nitrogens with one attached hydrogen (secondary N) is 3. The SMILES string of the molecule is COc1ccc(CC(=O)Nc2cccc3[nH]c(=O)c(C(=O)Nc4ccccc4)cc23)cc1. The van der Waals surface area contributed by atoms with E-state index < -0.39 is 11.5 Å². The van der Waals surface area contributed by atoms with E-state index in [0.29, 0.717) is 28.0 Å². The Morgan fingerprint density at radius 3 is 2.38 bits per heavy atom. The number of ether oxygens (including phenoxy) is 1. The number of methoxy groups -OCH3 is 1. The minimum absolute atomic E-state index is 0.0433. The van der Waals surface area contributed by atoms with E-state index in [-0.39, 0.29) is 17.9 Å². The number of aromatic nitrogens is 1. The van der Waals surface area contributed by atoms with Crippen LogP contribution in [0, 0.1) is 0 Å². The molecule has 0 atom stereocenters. The van der Waals surface area contributed by atoms with Gasteiger partial charge in [-0.2, -0.15) is 0 Å². The summed E-state index contributed by atoms with van der Waals surface area (Å²) in [7, 11) is 1.58. The highest BCUT2D eigenvalue weighted by molar-refractivity contribution is 6.08. The molecule has 4 aromatic rings. The fraction of sp³-hybridized carbons (Fsp3) is 0.0800. The quantitative estimate of drug-likeness (QED) is 0.433. The number of fused-ring (bicyclic) bond motifs is 1. The smallest absolute Gasteiger partial charge is 0.261 e. The number of amides is 2. The van der Waals surface area contributed by atoms with E-state index in [2.05, 4.69) is 15.6 Å². The van der Waals surface area contributed by atoms with Crippen molar-refractivity contribution in [1.29, 1.82) is 0 Å². The zero-order chi connectivity index (χ0) is 22.5. The highest BCUT2D eigenvalue weighted by atomic mass is 16.5. The number of rotatable bonds is 6. The van der Waals surface area contributed by atoms with Crippen molar-refractivity contribution in [3.63, 3.8) is 0 Å².